The van der Waals surface area contributed by atoms with Gasteiger partial charge in [0.05, 0.1) is 12.2 Å². The lowest BCUT2D eigenvalue weighted by Gasteiger charge is -2.10. The maximum absolute atomic E-state index is 12.8. The number of nitrogens with zero attached hydrogens (tertiary/aromatic N) is 2. The van der Waals surface area contributed by atoms with E-state index < -0.39 is 0 Å². The lowest BCUT2D eigenvalue weighted by Crippen LogP contribution is -2.37. The molecule has 0 aliphatic rings. The number of hydrogen-bond acceptors (Lipinski definition) is 4. The molecule has 0 saturated carbocycles. The summed E-state index contributed by atoms with van der Waals surface area (Å²) in [6, 6.07) is 8.52. The number of hydrogen-bond donors (Lipinski definition) is 2. The highest BCUT2D eigenvalue weighted by Gasteiger charge is 2.04. The van der Waals surface area contributed by atoms with Crippen LogP contribution in [-0.2, 0) is 13.0 Å². The van der Waals surface area contributed by atoms with Crippen LogP contribution in [0.25, 0.3) is 0 Å². The van der Waals surface area contributed by atoms with Crippen LogP contribution in [0, 0.1) is 5.82 Å². The Kier molecular flexibility index (Phi) is 10.6. The summed E-state index contributed by atoms with van der Waals surface area (Å²) in [4.78, 5) is 5.26. The molecule has 2 N–H and O–H groups in total. The van der Waals surface area contributed by atoms with Crippen molar-refractivity contribution in [3.63, 3.8) is 0 Å². The summed E-state index contributed by atoms with van der Waals surface area (Å²) in [6.45, 7) is 3.40. The molecule has 5 nitrogen and oxygen atoms in total. The van der Waals surface area contributed by atoms with Crippen molar-refractivity contribution >= 4 is 41.7 Å². The van der Waals surface area contributed by atoms with Gasteiger partial charge in [0, 0.05) is 24.6 Å². The van der Waals surface area contributed by atoms with Crippen molar-refractivity contribution in [2.75, 3.05) is 19.3 Å². The molecule has 0 aliphatic carbocycles. The molecule has 138 valence electrons. The number of benzene rings is 1. The Hall–Kier alpha value is -1.29. The lowest BCUT2D eigenvalue weighted by molar-refractivity contribution is 0.374. The van der Waals surface area contributed by atoms with Gasteiger partial charge in [0.25, 0.3) is 0 Å². The monoisotopic (exact) mass is 478 g/mol. The number of aryl methyl sites for hydroxylation is 1. The zero-order valence-electron chi connectivity index (χ0n) is 14.4. The number of guanidine groups is 1. The topological polar surface area (TPSA) is 62.5 Å². The molecule has 0 spiro atoms. The maximum Gasteiger partial charge on any atom is 0.191 e. The largest absolute Gasteiger partial charge is 0.359 e. The zero-order chi connectivity index (χ0) is 17.2. The smallest absolute Gasteiger partial charge is 0.191 e. The molecule has 1 heterocycles. The summed E-state index contributed by atoms with van der Waals surface area (Å²) in [7, 11) is 1.74. The van der Waals surface area contributed by atoms with Crippen LogP contribution in [0.4, 0.5) is 4.39 Å². The first-order valence-corrected chi connectivity index (χ1v) is 8.97. The van der Waals surface area contributed by atoms with Gasteiger partial charge in [-0.2, -0.15) is 0 Å². The van der Waals surface area contributed by atoms with Crippen LogP contribution in [0.2, 0.25) is 0 Å². The molecule has 2 aromatic rings. The second-order valence-electron chi connectivity index (χ2n) is 5.15. The maximum atomic E-state index is 12.8. The van der Waals surface area contributed by atoms with E-state index >= 15 is 0 Å². The first-order valence-electron chi connectivity index (χ1n) is 7.98. The van der Waals surface area contributed by atoms with Crippen molar-refractivity contribution in [1.29, 1.82) is 0 Å². The third kappa shape index (κ3) is 8.08. The van der Waals surface area contributed by atoms with E-state index in [2.05, 4.69) is 20.8 Å². The molecular weight excluding hydrogens is 454 g/mol. The zero-order valence-corrected chi connectivity index (χ0v) is 17.6. The van der Waals surface area contributed by atoms with Gasteiger partial charge in [-0.15, -0.1) is 35.7 Å². The van der Waals surface area contributed by atoms with Gasteiger partial charge in [-0.3, -0.25) is 4.99 Å². The van der Waals surface area contributed by atoms with Crippen LogP contribution in [0.15, 0.2) is 44.7 Å². The van der Waals surface area contributed by atoms with E-state index in [1.54, 1.807) is 30.9 Å². The van der Waals surface area contributed by atoms with Gasteiger partial charge in [-0.1, -0.05) is 12.1 Å². The molecule has 0 radical (unpaired) electrons. The highest BCUT2D eigenvalue weighted by molar-refractivity contribution is 14.0. The number of aromatic nitrogens is 1. The van der Waals surface area contributed by atoms with Gasteiger partial charge in [0.2, 0.25) is 0 Å². The fourth-order valence-electron chi connectivity index (χ4n) is 2.00. The molecule has 0 aliphatic heterocycles. The Morgan fingerprint density at radius 3 is 2.68 bits per heavy atom. The third-order valence-electron chi connectivity index (χ3n) is 3.32. The molecular formula is C17H24FIN4OS. The Morgan fingerprint density at radius 2 is 2.04 bits per heavy atom. The van der Waals surface area contributed by atoms with Crippen molar-refractivity contribution in [1.82, 2.24) is 15.8 Å². The van der Waals surface area contributed by atoms with Gasteiger partial charge in [0.15, 0.2) is 11.7 Å². The number of aliphatic imine (C=N–C) groups is 1. The quantitative estimate of drug-likeness (QED) is 0.199. The second kappa shape index (κ2) is 12.1. The summed E-state index contributed by atoms with van der Waals surface area (Å²) in [6.07, 6.45) is 1.84. The van der Waals surface area contributed by atoms with Crippen LogP contribution in [0.1, 0.15) is 24.8 Å². The number of thioether (sulfide) groups is 1. The third-order valence-corrected chi connectivity index (χ3v) is 4.42. The number of halogens is 2. The standard InChI is InChI=1S/C17H23FN4OS.HI/c1-3-14-11-15(23-22-14)12-21-17(19-2)20-9-4-10-24-16-7-5-13(18)6-8-16;/h5-8,11H,3-4,9-10,12H2,1-2H3,(H2,19,20,21);1H. The van der Waals surface area contributed by atoms with Crippen LogP contribution >= 0.6 is 35.7 Å². The molecule has 0 amide bonds. The van der Waals surface area contributed by atoms with Crippen molar-refractivity contribution in [2.24, 2.45) is 4.99 Å². The summed E-state index contributed by atoms with van der Waals surface area (Å²) >= 11 is 1.71. The Bertz CT molecular complexity index is 648. The lowest BCUT2D eigenvalue weighted by atomic mass is 10.3. The molecule has 0 unspecified atom stereocenters. The number of rotatable bonds is 8. The summed E-state index contributed by atoms with van der Waals surface area (Å²) in [5.41, 5.74) is 0.951. The molecule has 1 aromatic heterocycles. The predicted molar refractivity (Wildman–Crippen MR) is 111 cm³/mol. The van der Waals surface area contributed by atoms with E-state index in [0.717, 1.165) is 47.4 Å². The minimum Gasteiger partial charge on any atom is -0.359 e. The summed E-state index contributed by atoms with van der Waals surface area (Å²) < 4.78 is 18.0. The highest BCUT2D eigenvalue weighted by atomic mass is 127. The molecule has 2 rings (SSSR count). The Morgan fingerprint density at radius 1 is 1.28 bits per heavy atom. The van der Waals surface area contributed by atoms with Crippen molar-refractivity contribution < 1.29 is 8.91 Å². The molecule has 0 saturated heterocycles. The van der Waals surface area contributed by atoms with Gasteiger partial charge in [-0.05, 0) is 42.9 Å². The van der Waals surface area contributed by atoms with Gasteiger partial charge in [-0.25, -0.2) is 4.39 Å². The molecule has 8 heteroatoms. The number of nitrogens with one attached hydrogen (secondary N) is 2. The first-order chi connectivity index (χ1) is 11.7. The summed E-state index contributed by atoms with van der Waals surface area (Å²) in [5.74, 6) is 2.28. The average molecular weight is 478 g/mol. The molecule has 0 fully saturated rings. The van der Waals surface area contributed by atoms with E-state index in [1.807, 2.05) is 13.0 Å². The summed E-state index contributed by atoms with van der Waals surface area (Å²) in [5, 5.41) is 10.4. The molecule has 1 aromatic carbocycles. The van der Waals surface area contributed by atoms with Gasteiger partial charge in [0.1, 0.15) is 5.82 Å². The fourth-order valence-corrected chi connectivity index (χ4v) is 2.85. The van der Waals surface area contributed by atoms with Crippen LogP contribution in [-0.4, -0.2) is 30.5 Å². The predicted octanol–water partition coefficient (Wildman–Crippen LogP) is 3.84. The Labute approximate surface area is 169 Å². The van der Waals surface area contributed by atoms with Crippen LogP contribution in [0.3, 0.4) is 0 Å². The fraction of sp³-hybridized carbons (Fsp3) is 0.412. The molecule has 0 bridgehead atoms. The minimum absolute atomic E-state index is 0. The van der Waals surface area contributed by atoms with E-state index in [1.165, 1.54) is 12.1 Å². The highest BCUT2D eigenvalue weighted by Crippen LogP contribution is 2.18. The van der Waals surface area contributed by atoms with Crippen LogP contribution < -0.4 is 10.6 Å². The SMILES string of the molecule is CCc1cc(CNC(=NC)NCCCSc2ccc(F)cc2)on1.I. The van der Waals surface area contributed by atoms with E-state index in [-0.39, 0.29) is 29.8 Å². The van der Waals surface area contributed by atoms with E-state index in [0.29, 0.717) is 6.54 Å². The minimum atomic E-state index is -0.200. The second-order valence-corrected chi connectivity index (χ2v) is 6.31. The van der Waals surface area contributed by atoms with Crippen molar-refractivity contribution in [3.8, 4) is 0 Å². The normalized spacial score (nSPS) is 11.1. The molecule has 0 atom stereocenters. The van der Waals surface area contributed by atoms with Gasteiger partial charge < -0.3 is 15.2 Å². The van der Waals surface area contributed by atoms with Crippen LogP contribution in [0.5, 0.6) is 0 Å². The van der Waals surface area contributed by atoms with E-state index in [4.69, 9.17) is 4.52 Å². The first kappa shape index (κ1) is 21.8. The van der Waals surface area contributed by atoms with Gasteiger partial charge >= 0.3 is 0 Å². The Balaban J connectivity index is 0.00000312. The average Bonchev–Trinajstić information content (AvgIpc) is 3.07. The van der Waals surface area contributed by atoms with E-state index in [9.17, 15) is 4.39 Å². The van der Waals surface area contributed by atoms with Crippen molar-refractivity contribution in [3.05, 3.63) is 47.6 Å². The van der Waals surface area contributed by atoms with Crippen molar-refractivity contribution in [2.45, 2.75) is 31.2 Å². The molecule has 25 heavy (non-hydrogen) atoms.